The van der Waals surface area contributed by atoms with E-state index in [4.69, 9.17) is 0 Å². The normalized spacial score (nSPS) is 21.6. The number of hydrogen-bond donors (Lipinski definition) is 1. The van der Waals surface area contributed by atoms with Crippen LogP contribution in [-0.2, 0) is 6.67 Å². The van der Waals surface area contributed by atoms with Gasteiger partial charge in [0, 0.05) is 19.2 Å². The van der Waals surface area contributed by atoms with E-state index in [0.29, 0.717) is 18.1 Å². The summed E-state index contributed by atoms with van der Waals surface area (Å²) in [4.78, 5) is 9.75. The second-order valence-corrected chi connectivity index (χ2v) is 3.39. The number of anilines is 1. The standard InChI is InChI=1S/C9H12FN3O/c10-4-7-3-9(12-6-11-7)13-2-1-8(14)5-13/h3,6,8,14H,1-2,4-5H2. The summed E-state index contributed by atoms with van der Waals surface area (Å²) in [5, 5.41) is 9.33. The van der Waals surface area contributed by atoms with E-state index < -0.39 is 6.67 Å². The van der Waals surface area contributed by atoms with Gasteiger partial charge in [-0.2, -0.15) is 0 Å². The molecule has 0 radical (unpaired) electrons. The molecule has 1 fully saturated rings. The SMILES string of the molecule is OC1CCN(c2cc(CF)ncn2)C1. The molecule has 1 saturated heterocycles. The molecule has 0 aromatic carbocycles. The van der Waals surface area contributed by atoms with Gasteiger partial charge < -0.3 is 10.0 Å². The summed E-state index contributed by atoms with van der Waals surface area (Å²) in [5.74, 6) is 0.698. The first-order valence-electron chi connectivity index (χ1n) is 4.59. The smallest absolute Gasteiger partial charge is 0.132 e. The molecule has 0 saturated carbocycles. The van der Waals surface area contributed by atoms with Crippen molar-refractivity contribution in [1.82, 2.24) is 9.97 Å². The third-order valence-corrected chi connectivity index (χ3v) is 2.33. The molecule has 76 valence electrons. The number of hydrogen-bond acceptors (Lipinski definition) is 4. The van der Waals surface area contributed by atoms with Gasteiger partial charge in [0.15, 0.2) is 0 Å². The van der Waals surface area contributed by atoms with Crippen LogP contribution in [0.5, 0.6) is 0 Å². The van der Waals surface area contributed by atoms with Crippen molar-refractivity contribution in [3.8, 4) is 0 Å². The van der Waals surface area contributed by atoms with E-state index in [0.717, 1.165) is 13.0 Å². The van der Waals surface area contributed by atoms with Crippen molar-refractivity contribution in [2.75, 3.05) is 18.0 Å². The Labute approximate surface area is 81.4 Å². The van der Waals surface area contributed by atoms with E-state index in [-0.39, 0.29) is 6.10 Å². The molecular formula is C9H12FN3O. The summed E-state index contributed by atoms with van der Waals surface area (Å²) in [6, 6.07) is 1.62. The number of halogens is 1. The first-order valence-corrected chi connectivity index (χ1v) is 4.59. The molecule has 1 aliphatic rings. The molecule has 0 bridgehead atoms. The third-order valence-electron chi connectivity index (χ3n) is 2.33. The number of aliphatic hydroxyl groups is 1. The van der Waals surface area contributed by atoms with Crippen LogP contribution < -0.4 is 4.90 Å². The third kappa shape index (κ3) is 1.82. The van der Waals surface area contributed by atoms with Crippen LogP contribution in [0.3, 0.4) is 0 Å². The molecule has 2 heterocycles. The zero-order valence-corrected chi connectivity index (χ0v) is 7.73. The molecule has 1 aromatic heterocycles. The average Bonchev–Trinajstić information content (AvgIpc) is 2.65. The molecule has 4 nitrogen and oxygen atoms in total. The highest BCUT2D eigenvalue weighted by atomic mass is 19.1. The number of β-amino-alcohol motifs (C(OH)–C–C–N with tert-alkyl or cyclic N) is 1. The van der Waals surface area contributed by atoms with E-state index in [9.17, 15) is 9.50 Å². The molecule has 1 atom stereocenters. The van der Waals surface area contributed by atoms with Gasteiger partial charge in [-0.05, 0) is 6.42 Å². The lowest BCUT2D eigenvalue weighted by Gasteiger charge is -2.16. The molecule has 1 unspecified atom stereocenters. The fraction of sp³-hybridized carbons (Fsp3) is 0.556. The Bertz CT molecular complexity index is 321. The van der Waals surface area contributed by atoms with Crippen molar-refractivity contribution < 1.29 is 9.50 Å². The predicted octanol–water partition coefficient (Wildman–Crippen LogP) is 0.517. The van der Waals surface area contributed by atoms with Gasteiger partial charge >= 0.3 is 0 Å². The first-order chi connectivity index (χ1) is 6.79. The van der Waals surface area contributed by atoms with Crippen molar-refractivity contribution >= 4 is 5.82 Å². The molecule has 0 aliphatic carbocycles. The van der Waals surface area contributed by atoms with Gasteiger partial charge in [0.05, 0.1) is 11.8 Å². The topological polar surface area (TPSA) is 49.2 Å². The molecule has 14 heavy (non-hydrogen) atoms. The maximum Gasteiger partial charge on any atom is 0.132 e. The minimum absolute atomic E-state index is 0.293. The average molecular weight is 197 g/mol. The van der Waals surface area contributed by atoms with Gasteiger partial charge in [-0.3, -0.25) is 0 Å². The van der Waals surface area contributed by atoms with Crippen molar-refractivity contribution in [2.45, 2.75) is 19.2 Å². The van der Waals surface area contributed by atoms with Gasteiger partial charge in [0.2, 0.25) is 0 Å². The fourth-order valence-corrected chi connectivity index (χ4v) is 1.58. The number of alkyl halides is 1. The number of rotatable bonds is 2. The molecule has 0 amide bonds. The Morgan fingerprint density at radius 2 is 2.43 bits per heavy atom. The van der Waals surface area contributed by atoms with Crippen molar-refractivity contribution in [1.29, 1.82) is 0 Å². The minimum Gasteiger partial charge on any atom is -0.391 e. The predicted molar refractivity (Wildman–Crippen MR) is 49.7 cm³/mol. The molecule has 1 aromatic rings. The zero-order valence-electron chi connectivity index (χ0n) is 7.73. The van der Waals surface area contributed by atoms with E-state index in [1.165, 1.54) is 6.33 Å². The van der Waals surface area contributed by atoms with Crippen molar-refractivity contribution in [3.05, 3.63) is 18.1 Å². The number of nitrogens with zero attached hydrogens (tertiary/aromatic N) is 3. The van der Waals surface area contributed by atoms with Gasteiger partial charge in [-0.15, -0.1) is 0 Å². The summed E-state index contributed by atoms with van der Waals surface area (Å²) < 4.78 is 12.3. The summed E-state index contributed by atoms with van der Waals surface area (Å²) in [6.07, 6.45) is 1.81. The second-order valence-electron chi connectivity index (χ2n) is 3.39. The van der Waals surface area contributed by atoms with Crippen LogP contribution in [-0.4, -0.2) is 34.3 Å². The Kier molecular flexibility index (Phi) is 2.58. The lowest BCUT2D eigenvalue weighted by Crippen LogP contribution is -2.22. The van der Waals surface area contributed by atoms with E-state index in [1.807, 2.05) is 4.90 Å². The van der Waals surface area contributed by atoms with E-state index in [2.05, 4.69) is 9.97 Å². The summed E-state index contributed by atoms with van der Waals surface area (Å²) in [6.45, 7) is 0.762. The van der Waals surface area contributed by atoms with Crippen LogP contribution >= 0.6 is 0 Å². The maximum absolute atomic E-state index is 12.3. The van der Waals surface area contributed by atoms with Crippen LogP contribution in [0.2, 0.25) is 0 Å². The highest BCUT2D eigenvalue weighted by Crippen LogP contribution is 2.18. The zero-order chi connectivity index (χ0) is 9.97. The highest BCUT2D eigenvalue weighted by Gasteiger charge is 2.21. The molecule has 2 rings (SSSR count). The van der Waals surface area contributed by atoms with Crippen molar-refractivity contribution in [3.63, 3.8) is 0 Å². The first kappa shape index (κ1) is 9.33. The Balaban J connectivity index is 2.15. The Morgan fingerprint density at radius 1 is 1.57 bits per heavy atom. The van der Waals surface area contributed by atoms with Gasteiger partial charge in [0.1, 0.15) is 18.8 Å². The molecular weight excluding hydrogens is 185 g/mol. The Morgan fingerprint density at radius 3 is 3.07 bits per heavy atom. The maximum atomic E-state index is 12.3. The van der Waals surface area contributed by atoms with Crippen LogP contribution in [0.15, 0.2) is 12.4 Å². The van der Waals surface area contributed by atoms with Crippen LogP contribution in [0.25, 0.3) is 0 Å². The highest BCUT2D eigenvalue weighted by molar-refractivity contribution is 5.40. The second kappa shape index (κ2) is 3.88. The van der Waals surface area contributed by atoms with E-state index >= 15 is 0 Å². The van der Waals surface area contributed by atoms with E-state index in [1.54, 1.807) is 6.07 Å². The molecule has 5 heteroatoms. The van der Waals surface area contributed by atoms with Crippen LogP contribution in [0, 0.1) is 0 Å². The van der Waals surface area contributed by atoms with Gasteiger partial charge in [-0.25, -0.2) is 14.4 Å². The summed E-state index contributed by atoms with van der Waals surface area (Å²) >= 11 is 0. The van der Waals surface area contributed by atoms with Crippen LogP contribution in [0.1, 0.15) is 12.1 Å². The monoisotopic (exact) mass is 197 g/mol. The molecule has 1 aliphatic heterocycles. The lowest BCUT2D eigenvalue weighted by molar-refractivity contribution is 0.198. The minimum atomic E-state index is -0.577. The molecule has 1 N–H and O–H groups in total. The largest absolute Gasteiger partial charge is 0.391 e. The van der Waals surface area contributed by atoms with Crippen molar-refractivity contribution in [2.24, 2.45) is 0 Å². The molecule has 0 spiro atoms. The quantitative estimate of drug-likeness (QED) is 0.750. The number of aromatic nitrogens is 2. The summed E-state index contributed by atoms with van der Waals surface area (Å²) in [5.41, 5.74) is 0.386. The van der Waals surface area contributed by atoms with Crippen LogP contribution in [0.4, 0.5) is 10.2 Å². The fourth-order valence-electron chi connectivity index (χ4n) is 1.58. The van der Waals surface area contributed by atoms with Gasteiger partial charge in [-0.1, -0.05) is 0 Å². The lowest BCUT2D eigenvalue weighted by atomic mass is 10.3. The summed E-state index contributed by atoms with van der Waals surface area (Å²) in [7, 11) is 0. The Hall–Kier alpha value is -1.23. The van der Waals surface area contributed by atoms with Gasteiger partial charge in [0.25, 0.3) is 0 Å². The number of aliphatic hydroxyl groups excluding tert-OH is 1.